The average molecular weight is 211 g/mol. The van der Waals surface area contributed by atoms with Crippen molar-refractivity contribution in [1.29, 1.82) is 0 Å². The summed E-state index contributed by atoms with van der Waals surface area (Å²) in [5, 5.41) is 4.04. The van der Waals surface area contributed by atoms with Gasteiger partial charge in [0.15, 0.2) is 0 Å². The van der Waals surface area contributed by atoms with Crippen molar-refractivity contribution in [1.82, 2.24) is 20.2 Å². The third-order valence-corrected chi connectivity index (χ3v) is 2.56. The number of hydrogen-bond acceptors (Lipinski definition) is 4. The van der Waals surface area contributed by atoms with Crippen LogP contribution in [0.3, 0.4) is 0 Å². The molecule has 1 aromatic rings. The molecule has 5 heteroatoms. The average Bonchev–Trinajstić information content (AvgIpc) is 2.58. The summed E-state index contributed by atoms with van der Waals surface area (Å²) in [6.07, 6.45) is 4.65. The molecule has 3 N–H and O–H groups in total. The molecule has 5 nitrogen and oxygen atoms in total. The predicted octanol–water partition coefficient (Wildman–Crippen LogP) is 0.626. The second kappa shape index (κ2) is 5.82. The van der Waals surface area contributed by atoms with Gasteiger partial charge in [-0.25, -0.2) is 4.98 Å². The van der Waals surface area contributed by atoms with Gasteiger partial charge >= 0.3 is 0 Å². The lowest BCUT2D eigenvalue weighted by atomic mass is 10.0. The number of nitrogens with zero attached hydrogens (tertiary/aromatic N) is 3. The SMILES string of the molecule is CC(C)CCC(Cc1ncnn1C)NN. The zero-order chi connectivity index (χ0) is 11.3. The standard InChI is InChI=1S/C10H21N5/c1-8(2)4-5-9(14-11)6-10-12-7-13-15(10)3/h7-9,14H,4-6,11H2,1-3H3. The number of rotatable bonds is 6. The van der Waals surface area contributed by atoms with Crippen LogP contribution in [0.1, 0.15) is 32.5 Å². The summed E-state index contributed by atoms with van der Waals surface area (Å²) in [6.45, 7) is 4.44. The molecule has 0 aliphatic rings. The molecule has 0 radical (unpaired) electrons. The summed E-state index contributed by atoms with van der Waals surface area (Å²) in [5.74, 6) is 7.20. The molecule has 0 fully saturated rings. The lowest BCUT2D eigenvalue weighted by molar-refractivity contribution is 0.424. The van der Waals surface area contributed by atoms with Crippen molar-refractivity contribution in [3.8, 4) is 0 Å². The quantitative estimate of drug-likeness (QED) is 0.535. The van der Waals surface area contributed by atoms with E-state index in [1.807, 2.05) is 7.05 Å². The Morgan fingerprint density at radius 2 is 2.20 bits per heavy atom. The maximum absolute atomic E-state index is 5.52. The van der Waals surface area contributed by atoms with Gasteiger partial charge in [-0.3, -0.25) is 16.0 Å². The van der Waals surface area contributed by atoms with E-state index in [4.69, 9.17) is 5.84 Å². The van der Waals surface area contributed by atoms with E-state index in [0.717, 1.165) is 18.7 Å². The summed E-state index contributed by atoms with van der Waals surface area (Å²) >= 11 is 0. The molecule has 0 amide bonds. The van der Waals surface area contributed by atoms with Gasteiger partial charge < -0.3 is 0 Å². The molecule has 1 heterocycles. The number of nitrogens with one attached hydrogen (secondary N) is 1. The van der Waals surface area contributed by atoms with Crippen LogP contribution in [-0.4, -0.2) is 20.8 Å². The number of aryl methyl sites for hydroxylation is 1. The van der Waals surface area contributed by atoms with Gasteiger partial charge in [0.2, 0.25) is 0 Å². The third kappa shape index (κ3) is 3.97. The van der Waals surface area contributed by atoms with Crippen molar-refractivity contribution < 1.29 is 0 Å². The Hall–Kier alpha value is -0.940. The molecule has 0 aliphatic heterocycles. The number of hydrazine groups is 1. The topological polar surface area (TPSA) is 68.8 Å². The second-order valence-corrected chi connectivity index (χ2v) is 4.34. The van der Waals surface area contributed by atoms with E-state index in [-0.39, 0.29) is 6.04 Å². The minimum atomic E-state index is 0.287. The fourth-order valence-electron chi connectivity index (χ4n) is 1.50. The molecule has 0 bridgehead atoms. The van der Waals surface area contributed by atoms with Crippen LogP contribution in [0.4, 0.5) is 0 Å². The van der Waals surface area contributed by atoms with E-state index >= 15 is 0 Å². The Bertz CT molecular complexity index is 281. The lowest BCUT2D eigenvalue weighted by Gasteiger charge is -2.16. The van der Waals surface area contributed by atoms with Gasteiger partial charge in [0.1, 0.15) is 12.2 Å². The molecule has 1 unspecified atom stereocenters. The van der Waals surface area contributed by atoms with Crippen LogP contribution in [0.5, 0.6) is 0 Å². The third-order valence-electron chi connectivity index (χ3n) is 2.56. The van der Waals surface area contributed by atoms with E-state index < -0.39 is 0 Å². The van der Waals surface area contributed by atoms with Crippen LogP contribution in [0.15, 0.2) is 6.33 Å². The van der Waals surface area contributed by atoms with Crippen molar-refractivity contribution in [2.45, 2.75) is 39.2 Å². The van der Waals surface area contributed by atoms with Crippen LogP contribution >= 0.6 is 0 Å². The minimum absolute atomic E-state index is 0.287. The van der Waals surface area contributed by atoms with Crippen molar-refractivity contribution >= 4 is 0 Å². The first-order chi connectivity index (χ1) is 7.13. The Morgan fingerprint density at radius 3 is 2.67 bits per heavy atom. The first-order valence-electron chi connectivity index (χ1n) is 5.42. The highest BCUT2D eigenvalue weighted by molar-refractivity contribution is 4.88. The molecule has 1 rings (SSSR count). The largest absolute Gasteiger partial charge is 0.271 e. The van der Waals surface area contributed by atoms with Gasteiger partial charge in [0, 0.05) is 19.5 Å². The van der Waals surface area contributed by atoms with Crippen LogP contribution < -0.4 is 11.3 Å². The molecule has 0 saturated carbocycles. The second-order valence-electron chi connectivity index (χ2n) is 4.34. The normalized spacial score (nSPS) is 13.4. The smallest absolute Gasteiger partial charge is 0.138 e. The molecule has 0 aliphatic carbocycles. The minimum Gasteiger partial charge on any atom is -0.271 e. The van der Waals surface area contributed by atoms with Gasteiger partial charge in [0.25, 0.3) is 0 Å². The zero-order valence-electron chi connectivity index (χ0n) is 9.77. The van der Waals surface area contributed by atoms with E-state index in [0.29, 0.717) is 5.92 Å². The van der Waals surface area contributed by atoms with Crippen LogP contribution in [0.25, 0.3) is 0 Å². The Morgan fingerprint density at radius 1 is 1.47 bits per heavy atom. The highest BCUT2D eigenvalue weighted by Gasteiger charge is 2.11. The Kier molecular flexibility index (Phi) is 4.71. The number of aromatic nitrogens is 3. The predicted molar refractivity (Wildman–Crippen MR) is 59.9 cm³/mol. The van der Waals surface area contributed by atoms with Gasteiger partial charge in [-0.15, -0.1) is 0 Å². The van der Waals surface area contributed by atoms with Crippen LogP contribution in [0.2, 0.25) is 0 Å². The van der Waals surface area contributed by atoms with E-state index in [1.54, 1.807) is 11.0 Å². The highest BCUT2D eigenvalue weighted by atomic mass is 15.3. The molecular weight excluding hydrogens is 190 g/mol. The summed E-state index contributed by atoms with van der Waals surface area (Å²) in [7, 11) is 1.90. The van der Waals surface area contributed by atoms with Crippen molar-refractivity contribution in [3.63, 3.8) is 0 Å². The molecule has 15 heavy (non-hydrogen) atoms. The fourth-order valence-corrected chi connectivity index (χ4v) is 1.50. The van der Waals surface area contributed by atoms with E-state index in [9.17, 15) is 0 Å². The van der Waals surface area contributed by atoms with Gasteiger partial charge in [-0.1, -0.05) is 13.8 Å². The summed E-state index contributed by atoms with van der Waals surface area (Å²) in [5.41, 5.74) is 2.84. The zero-order valence-corrected chi connectivity index (χ0v) is 9.77. The molecule has 0 spiro atoms. The number of hydrogen-bond donors (Lipinski definition) is 2. The lowest BCUT2D eigenvalue weighted by Crippen LogP contribution is -2.37. The first kappa shape index (κ1) is 12.1. The van der Waals surface area contributed by atoms with Crippen molar-refractivity contribution in [3.05, 3.63) is 12.2 Å². The first-order valence-corrected chi connectivity index (χ1v) is 5.42. The molecule has 1 atom stereocenters. The van der Waals surface area contributed by atoms with Gasteiger partial charge in [0.05, 0.1) is 0 Å². The molecule has 0 aromatic carbocycles. The maximum Gasteiger partial charge on any atom is 0.138 e. The molecule has 86 valence electrons. The fraction of sp³-hybridized carbons (Fsp3) is 0.800. The van der Waals surface area contributed by atoms with Crippen LogP contribution in [-0.2, 0) is 13.5 Å². The maximum atomic E-state index is 5.52. The van der Waals surface area contributed by atoms with Gasteiger partial charge in [-0.2, -0.15) is 5.10 Å². The van der Waals surface area contributed by atoms with E-state index in [1.165, 1.54) is 6.42 Å². The highest BCUT2D eigenvalue weighted by Crippen LogP contribution is 2.09. The summed E-state index contributed by atoms with van der Waals surface area (Å²) in [6, 6.07) is 0.287. The Labute approximate surface area is 91.0 Å². The number of nitrogens with two attached hydrogens (primary N) is 1. The van der Waals surface area contributed by atoms with Crippen LogP contribution in [0, 0.1) is 5.92 Å². The Balaban J connectivity index is 2.43. The van der Waals surface area contributed by atoms with Crippen molar-refractivity contribution in [2.24, 2.45) is 18.8 Å². The molecule has 0 saturated heterocycles. The van der Waals surface area contributed by atoms with Crippen molar-refractivity contribution in [2.75, 3.05) is 0 Å². The monoisotopic (exact) mass is 211 g/mol. The summed E-state index contributed by atoms with van der Waals surface area (Å²) in [4.78, 5) is 4.19. The molecule has 1 aromatic heterocycles. The molecular formula is C10H21N5. The van der Waals surface area contributed by atoms with E-state index in [2.05, 4.69) is 29.4 Å². The summed E-state index contributed by atoms with van der Waals surface area (Å²) < 4.78 is 1.79. The van der Waals surface area contributed by atoms with Gasteiger partial charge in [-0.05, 0) is 18.8 Å².